The Bertz CT molecular complexity index is 869. The number of ether oxygens (including phenoxy) is 1. The highest BCUT2D eigenvalue weighted by Crippen LogP contribution is 2.23. The number of nitrogens with one attached hydrogen (secondary N) is 1. The van der Waals surface area contributed by atoms with Gasteiger partial charge in [0.2, 0.25) is 5.91 Å². The van der Waals surface area contributed by atoms with Crippen molar-refractivity contribution in [3.63, 3.8) is 0 Å². The summed E-state index contributed by atoms with van der Waals surface area (Å²) < 4.78 is 4.65. The van der Waals surface area contributed by atoms with E-state index in [0.29, 0.717) is 9.88 Å². The number of fused-ring (bicyclic) bond motifs is 1. The van der Waals surface area contributed by atoms with Crippen molar-refractivity contribution in [2.75, 3.05) is 12.4 Å². The number of rotatable bonds is 4. The molecular formula is C18H15NO3S. The molecule has 3 rings (SSSR count). The molecule has 0 atom stereocenters. The Morgan fingerprint density at radius 1 is 1.04 bits per heavy atom. The Kier molecular flexibility index (Phi) is 4.39. The van der Waals surface area contributed by atoms with Gasteiger partial charge >= 0.3 is 5.97 Å². The zero-order valence-electron chi connectivity index (χ0n) is 12.5. The van der Waals surface area contributed by atoms with Crippen LogP contribution in [0.25, 0.3) is 10.8 Å². The molecule has 0 saturated heterocycles. The van der Waals surface area contributed by atoms with Crippen LogP contribution in [0.1, 0.15) is 15.2 Å². The molecule has 0 aliphatic carbocycles. The van der Waals surface area contributed by atoms with E-state index < -0.39 is 5.97 Å². The van der Waals surface area contributed by atoms with Crippen LogP contribution in [0.4, 0.5) is 5.00 Å². The van der Waals surface area contributed by atoms with Gasteiger partial charge in [0.25, 0.3) is 0 Å². The molecule has 1 N–H and O–H groups in total. The van der Waals surface area contributed by atoms with Crippen LogP contribution in [0.5, 0.6) is 0 Å². The van der Waals surface area contributed by atoms with Gasteiger partial charge in [-0.1, -0.05) is 42.5 Å². The lowest BCUT2D eigenvalue weighted by atomic mass is 10.1. The Morgan fingerprint density at radius 2 is 1.83 bits per heavy atom. The molecule has 0 radical (unpaired) electrons. The van der Waals surface area contributed by atoms with E-state index in [1.165, 1.54) is 18.4 Å². The molecule has 23 heavy (non-hydrogen) atoms. The molecule has 0 fully saturated rings. The predicted molar refractivity (Wildman–Crippen MR) is 91.9 cm³/mol. The minimum Gasteiger partial charge on any atom is -0.465 e. The van der Waals surface area contributed by atoms with Crippen molar-refractivity contribution < 1.29 is 14.3 Å². The molecule has 0 unspecified atom stereocenters. The van der Waals surface area contributed by atoms with Gasteiger partial charge in [-0.05, 0) is 28.5 Å². The summed E-state index contributed by atoms with van der Waals surface area (Å²) in [5.41, 5.74) is 0.950. The van der Waals surface area contributed by atoms with E-state index in [-0.39, 0.29) is 12.3 Å². The summed E-state index contributed by atoms with van der Waals surface area (Å²) in [7, 11) is 1.33. The largest absolute Gasteiger partial charge is 0.465 e. The zero-order valence-corrected chi connectivity index (χ0v) is 13.4. The van der Waals surface area contributed by atoms with Crippen LogP contribution in [-0.4, -0.2) is 19.0 Å². The van der Waals surface area contributed by atoms with Gasteiger partial charge in [0.1, 0.15) is 4.88 Å². The van der Waals surface area contributed by atoms with Crippen LogP contribution in [0.15, 0.2) is 54.6 Å². The van der Waals surface area contributed by atoms with Gasteiger partial charge in [0.15, 0.2) is 0 Å². The smallest absolute Gasteiger partial charge is 0.348 e. The van der Waals surface area contributed by atoms with Gasteiger partial charge in [-0.3, -0.25) is 4.79 Å². The van der Waals surface area contributed by atoms with Crippen molar-refractivity contribution in [1.29, 1.82) is 0 Å². The van der Waals surface area contributed by atoms with E-state index in [4.69, 9.17) is 0 Å². The SMILES string of the molecule is COC(=O)c1ccc(NC(=O)Cc2ccc3ccccc3c2)s1. The fourth-order valence-electron chi connectivity index (χ4n) is 2.33. The second-order valence-corrected chi connectivity index (χ2v) is 6.15. The maximum Gasteiger partial charge on any atom is 0.348 e. The van der Waals surface area contributed by atoms with Crippen LogP contribution in [0, 0.1) is 0 Å². The molecule has 0 bridgehead atoms. The highest BCUT2D eigenvalue weighted by atomic mass is 32.1. The van der Waals surface area contributed by atoms with Crippen molar-refractivity contribution in [3.8, 4) is 0 Å². The highest BCUT2D eigenvalue weighted by molar-refractivity contribution is 7.18. The summed E-state index contributed by atoms with van der Waals surface area (Å²) in [6, 6.07) is 17.4. The number of carbonyl (C=O) groups is 2. The Morgan fingerprint density at radius 3 is 2.61 bits per heavy atom. The predicted octanol–water partition coefficient (Wildman–Crippen LogP) is 3.87. The summed E-state index contributed by atoms with van der Waals surface area (Å²) in [5, 5.41) is 5.71. The first-order valence-electron chi connectivity index (χ1n) is 7.11. The van der Waals surface area contributed by atoms with Crippen LogP contribution in [0.2, 0.25) is 0 Å². The fraction of sp³-hybridized carbons (Fsp3) is 0.111. The summed E-state index contributed by atoms with van der Waals surface area (Å²) in [5.74, 6) is -0.511. The van der Waals surface area contributed by atoms with Crippen LogP contribution in [-0.2, 0) is 16.0 Å². The number of hydrogen-bond acceptors (Lipinski definition) is 4. The third-order valence-corrected chi connectivity index (χ3v) is 4.41. The first kappa shape index (κ1) is 15.2. The quantitative estimate of drug-likeness (QED) is 0.741. The molecule has 116 valence electrons. The second kappa shape index (κ2) is 6.62. The number of thiophene rings is 1. The van der Waals surface area contributed by atoms with Crippen molar-refractivity contribution in [3.05, 3.63) is 65.0 Å². The minimum absolute atomic E-state index is 0.112. The number of esters is 1. The van der Waals surface area contributed by atoms with Gasteiger partial charge in [-0.15, -0.1) is 11.3 Å². The molecule has 0 aliphatic heterocycles. The zero-order chi connectivity index (χ0) is 16.2. The monoisotopic (exact) mass is 325 g/mol. The molecule has 4 nitrogen and oxygen atoms in total. The number of hydrogen-bond donors (Lipinski definition) is 1. The van der Waals surface area contributed by atoms with E-state index in [2.05, 4.69) is 10.1 Å². The summed E-state index contributed by atoms with van der Waals surface area (Å²) in [4.78, 5) is 24.0. The number of methoxy groups -OCH3 is 1. The third-order valence-electron chi connectivity index (χ3n) is 3.43. The molecule has 5 heteroatoms. The average Bonchev–Trinajstić information content (AvgIpc) is 3.02. The van der Waals surface area contributed by atoms with Crippen molar-refractivity contribution in [2.24, 2.45) is 0 Å². The third kappa shape index (κ3) is 3.57. The molecule has 3 aromatic rings. The first-order chi connectivity index (χ1) is 11.2. The number of benzene rings is 2. The van der Waals surface area contributed by atoms with E-state index in [9.17, 15) is 9.59 Å². The Hall–Kier alpha value is -2.66. The molecule has 0 spiro atoms. The maximum atomic E-state index is 12.1. The van der Waals surface area contributed by atoms with Crippen LogP contribution >= 0.6 is 11.3 Å². The molecule has 1 heterocycles. The molecule has 2 aromatic carbocycles. The Labute approximate surface area is 137 Å². The molecule has 0 saturated carbocycles. The molecule has 1 amide bonds. The normalized spacial score (nSPS) is 10.5. The average molecular weight is 325 g/mol. The lowest BCUT2D eigenvalue weighted by molar-refractivity contribution is -0.115. The van der Waals surface area contributed by atoms with E-state index in [1.807, 2.05) is 42.5 Å². The van der Waals surface area contributed by atoms with Gasteiger partial charge in [-0.2, -0.15) is 0 Å². The lowest BCUT2D eigenvalue weighted by Gasteiger charge is -2.04. The van der Waals surface area contributed by atoms with Crippen LogP contribution < -0.4 is 5.32 Å². The topological polar surface area (TPSA) is 55.4 Å². The standard InChI is InChI=1S/C18H15NO3S/c1-22-18(21)15-8-9-17(23-15)19-16(20)11-12-6-7-13-4-2-3-5-14(13)10-12/h2-10H,11H2,1H3,(H,19,20). The van der Waals surface area contributed by atoms with Gasteiger partial charge < -0.3 is 10.1 Å². The highest BCUT2D eigenvalue weighted by Gasteiger charge is 2.11. The maximum absolute atomic E-state index is 12.1. The first-order valence-corrected chi connectivity index (χ1v) is 7.93. The Balaban J connectivity index is 1.68. The molecular weight excluding hydrogens is 310 g/mol. The van der Waals surface area contributed by atoms with Crippen molar-refractivity contribution >= 4 is 39.0 Å². The second-order valence-electron chi connectivity index (χ2n) is 5.06. The van der Waals surface area contributed by atoms with Gasteiger partial charge in [0, 0.05) is 0 Å². The number of amides is 1. The van der Waals surface area contributed by atoms with Crippen molar-refractivity contribution in [2.45, 2.75) is 6.42 Å². The van der Waals surface area contributed by atoms with Crippen LogP contribution in [0.3, 0.4) is 0 Å². The summed E-state index contributed by atoms with van der Waals surface area (Å²) in [6.45, 7) is 0. The summed E-state index contributed by atoms with van der Waals surface area (Å²) >= 11 is 1.20. The number of carbonyl (C=O) groups excluding carboxylic acids is 2. The summed E-state index contributed by atoms with van der Waals surface area (Å²) in [6.07, 6.45) is 0.288. The van der Waals surface area contributed by atoms with E-state index in [0.717, 1.165) is 16.3 Å². The van der Waals surface area contributed by atoms with Gasteiger partial charge in [0.05, 0.1) is 18.5 Å². The van der Waals surface area contributed by atoms with Gasteiger partial charge in [-0.25, -0.2) is 4.79 Å². The van der Waals surface area contributed by atoms with Crippen molar-refractivity contribution in [1.82, 2.24) is 0 Å². The van der Waals surface area contributed by atoms with E-state index in [1.54, 1.807) is 12.1 Å². The lowest BCUT2D eigenvalue weighted by Crippen LogP contribution is -2.13. The minimum atomic E-state index is -0.398. The molecule has 0 aliphatic rings. The van der Waals surface area contributed by atoms with E-state index >= 15 is 0 Å². The fourth-order valence-corrected chi connectivity index (χ4v) is 3.17. The number of anilines is 1. The molecule has 1 aromatic heterocycles.